The minimum absolute atomic E-state index is 0.0556. The van der Waals surface area contributed by atoms with E-state index < -0.39 is 17.9 Å². The molecule has 0 atom stereocenters. The van der Waals surface area contributed by atoms with Crippen LogP contribution in [0.25, 0.3) is 0 Å². The molecule has 2 N–H and O–H groups in total. The number of esters is 1. The van der Waals surface area contributed by atoms with E-state index in [0.717, 1.165) is 23.5 Å². The van der Waals surface area contributed by atoms with Gasteiger partial charge in [0.2, 0.25) is 0 Å². The predicted molar refractivity (Wildman–Crippen MR) is 104 cm³/mol. The second-order valence-electron chi connectivity index (χ2n) is 6.48. The molecule has 0 fully saturated rings. The Kier molecular flexibility index (Phi) is 10.1. The molecule has 0 saturated carbocycles. The van der Waals surface area contributed by atoms with Crippen LogP contribution in [0.15, 0.2) is 55.8 Å². The van der Waals surface area contributed by atoms with Gasteiger partial charge in [-0.25, -0.2) is 9.59 Å². The highest BCUT2D eigenvalue weighted by atomic mass is 16.5. The Balaban J connectivity index is 0.000000972. The molecule has 0 radical (unpaired) electrons. The fraction of sp³-hybridized carbons (Fsp3) is 0.286. The third kappa shape index (κ3) is 9.21. The molecular weight excluding hydrogens is 348 g/mol. The lowest BCUT2D eigenvalue weighted by molar-refractivity contribution is -0.136. The molecule has 0 saturated heterocycles. The molecule has 6 heteroatoms. The topological polar surface area (TPSA) is 101 Å². The summed E-state index contributed by atoms with van der Waals surface area (Å²) in [6, 6.07) is 5.41. The van der Waals surface area contributed by atoms with Gasteiger partial charge < -0.3 is 14.9 Å². The molecule has 146 valence electrons. The maximum absolute atomic E-state index is 12.0. The van der Waals surface area contributed by atoms with Gasteiger partial charge in [-0.15, -0.1) is 6.58 Å². The highest BCUT2D eigenvalue weighted by Crippen LogP contribution is 2.29. The molecule has 0 aromatic heterocycles. The van der Waals surface area contributed by atoms with Crippen molar-refractivity contribution < 1.29 is 29.3 Å². The molecule has 0 spiro atoms. The van der Waals surface area contributed by atoms with E-state index in [1.165, 1.54) is 12.2 Å². The number of carbonyl (C=O) groups excluding carboxylic acids is 1. The van der Waals surface area contributed by atoms with Gasteiger partial charge in [0.25, 0.3) is 0 Å². The number of hydrogen-bond acceptors (Lipinski definition) is 4. The molecular formula is C21H26O6. The number of benzene rings is 1. The first-order valence-corrected chi connectivity index (χ1v) is 8.21. The van der Waals surface area contributed by atoms with Crippen LogP contribution in [-0.4, -0.2) is 28.1 Å². The molecule has 0 amide bonds. The van der Waals surface area contributed by atoms with Gasteiger partial charge >= 0.3 is 17.9 Å². The first-order chi connectivity index (χ1) is 12.5. The van der Waals surface area contributed by atoms with Gasteiger partial charge in [0, 0.05) is 6.08 Å². The number of allylic oxidation sites excluding steroid dienone is 1. The first-order valence-electron chi connectivity index (χ1n) is 8.21. The average molecular weight is 374 g/mol. The third-order valence-electron chi connectivity index (χ3n) is 3.30. The van der Waals surface area contributed by atoms with Crippen molar-refractivity contribution in [1.82, 2.24) is 0 Å². The number of carbonyl (C=O) groups is 3. The standard InChI is InChI=1S/C17H20O4.C4H6O2/c1-5-21-16(20)13-9-6-10-14(17(2,3)4)12(13)8-7-11-15(18)19;1-2-3-4(5)6/h5-7,9-11H,1,8H2,2-4H3,(H,18,19);2H,1,3H2,(H,5,6)/b11-7+;. The van der Waals surface area contributed by atoms with Crippen LogP contribution >= 0.6 is 0 Å². The fourth-order valence-electron chi connectivity index (χ4n) is 2.24. The van der Waals surface area contributed by atoms with E-state index in [1.54, 1.807) is 12.1 Å². The molecule has 1 rings (SSSR count). The van der Waals surface area contributed by atoms with E-state index in [4.69, 9.17) is 14.9 Å². The summed E-state index contributed by atoms with van der Waals surface area (Å²) in [6.45, 7) is 12.7. The molecule has 6 nitrogen and oxygen atoms in total. The Morgan fingerprint density at radius 1 is 1.15 bits per heavy atom. The quantitative estimate of drug-likeness (QED) is 0.322. The van der Waals surface area contributed by atoms with Crippen LogP contribution in [0, 0.1) is 0 Å². The summed E-state index contributed by atoms with van der Waals surface area (Å²) >= 11 is 0. The largest absolute Gasteiger partial charge is 0.481 e. The van der Waals surface area contributed by atoms with E-state index in [1.807, 2.05) is 26.8 Å². The third-order valence-corrected chi connectivity index (χ3v) is 3.30. The van der Waals surface area contributed by atoms with Crippen molar-refractivity contribution >= 4 is 17.9 Å². The van der Waals surface area contributed by atoms with Crippen molar-refractivity contribution in [1.29, 1.82) is 0 Å². The summed E-state index contributed by atoms with van der Waals surface area (Å²) in [5, 5.41) is 16.5. The minimum Gasteiger partial charge on any atom is -0.481 e. The van der Waals surface area contributed by atoms with Gasteiger partial charge in [0.05, 0.1) is 18.2 Å². The summed E-state index contributed by atoms with van der Waals surface area (Å²) in [5.74, 6) is -2.33. The second-order valence-corrected chi connectivity index (χ2v) is 6.48. The van der Waals surface area contributed by atoms with Crippen molar-refractivity contribution in [2.45, 2.75) is 39.0 Å². The first kappa shape index (κ1) is 23.9. The van der Waals surface area contributed by atoms with Crippen LogP contribution < -0.4 is 0 Å². The van der Waals surface area contributed by atoms with Crippen LogP contribution in [0.3, 0.4) is 0 Å². The molecule has 0 heterocycles. The maximum atomic E-state index is 12.0. The smallest absolute Gasteiger partial charge is 0.343 e. The Morgan fingerprint density at radius 3 is 2.19 bits per heavy atom. The molecule has 0 aliphatic heterocycles. The van der Waals surface area contributed by atoms with Crippen LogP contribution in [0.1, 0.15) is 48.7 Å². The van der Waals surface area contributed by atoms with Crippen molar-refractivity contribution in [3.63, 3.8) is 0 Å². The highest BCUT2D eigenvalue weighted by molar-refractivity contribution is 5.92. The average Bonchev–Trinajstić information content (AvgIpc) is 2.54. The number of carboxylic acids is 2. The Hall–Kier alpha value is -3.15. The number of aliphatic carboxylic acids is 2. The van der Waals surface area contributed by atoms with Gasteiger partial charge in [-0.3, -0.25) is 4.79 Å². The van der Waals surface area contributed by atoms with E-state index >= 15 is 0 Å². The van der Waals surface area contributed by atoms with Gasteiger partial charge in [-0.05, 0) is 29.0 Å². The number of ether oxygens (including phenoxy) is 1. The molecule has 1 aromatic rings. The summed E-state index contributed by atoms with van der Waals surface area (Å²) in [7, 11) is 0. The van der Waals surface area contributed by atoms with E-state index in [2.05, 4.69) is 13.2 Å². The van der Waals surface area contributed by atoms with Crippen molar-refractivity contribution in [3.8, 4) is 0 Å². The van der Waals surface area contributed by atoms with E-state index in [0.29, 0.717) is 12.0 Å². The molecule has 1 aromatic carbocycles. The predicted octanol–water partition coefficient (Wildman–Crippen LogP) is 4.11. The van der Waals surface area contributed by atoms with Gasteiger partial charge in [-0.2, -0.15) is 0 Å². The zero-order valence-corrected chi connectivity index (χ0v) is 15.9. The van der Waals surface area contributed by atoms with Crippen LogP contribution in [-0.2, 0) is 26.2 Å². The van der Waals surface area contributed by atoms with Gasteiger partial charge in [0.15, 0.2) is 0 Å². The lowest BCUT2D eigenvalue weighted by atomic mass is 9.81. The summed E-state index contributed by atoms with van der Waals surface area (Å²) < 4.78 is 4.85. The van der Waals surface area contributed by atoms with Crippen LogP contribution in [0.5, 0.6) is 0 Å². The van der Waals surface area contributed by atoms with Crippen LogP contribution in [0.4, 0.5) is 0 Å². The monoisotopic (exact) mass is 374 g/mol. The second kappa shape index (κ2) is 11.5. The lowest BCUT2D eigenvalue weighted by Crippen LogP contribution is -2.17. The Labute approximate surface area is 159 Å². The zero-order valence-electron chi connectivity index (χ0n) is 15.9. The summed E-state index contributed by atoms with van der Waals surface area (Å²) in [4.78, 5) is 32.1. The van der Waals surface area contributed by atoms with Crippen molar-refractivity contribution in [2.24, 2.45) is 0 Å². The lowest BCUT2D eigenvalue weighted by Gasteiger charge is -2.24. The molecule has 0 aliphatic carbocycles. The van der Waals surface area contributed by atoms with Gasteiger partial charge in [0.1, 0.15) is 0 Å². The van der Waals surface area contributed by atoms with Crippen molar-refractivity contribution in [2.75, 3.05) is 0 Å². The number of rotatable bonds is 7. The normalized spacial score (nSPS) is 10.5. The van der Waals surface area contributed by atoms with E-state index in [-0.39, 0.29) is 11.8 Å². The van der Waals surface area contributed by atoms with Crippen molar-refractivity contribution in [3.05, 3.63) is 72.5 Å². The Morgan fingerprint density at radius 2 is 1.78 bits per heavy atom. The SMILES string of the molecule is C=CCC(=O)O.C=COC(=O)c1cccc(C(C)(C)C)c1C/C=C/C(=O)O. The fourth-order valence-corrected chi connectivity index (χ4v) is 2.24. The van der Waals surface area contributed by atoms with E-state index in [9.17, 15) is 14.4 Å². The van der Waals surface area contributed by atoms with Gasteiger partial charge in [-0.1, -0.05) is 51.6 Å². The molecule has 0 bridgehead atoms. The molecule has 0 unspecified atom stereocenters. The minimum atomic E-state index is -1.02. The maximum Gasteiger partial charge on any atom is 0.343 e. The summed E-state index contributed by atoms with van der Waals surface area (Å²) in [6.07, 6.45) is 5.44. The Bertz CT molecular complexity index is 723. The van der Waals surface area contributed by atoms with Crippen LogP contribution in [0.2, 0.25) is 0 Å². The zero-order chi connectivity index (χ0) is 21.0. The summed E-state index contributed by atoms with van der Waals surface area (Å²) in [5.41, 5.74) is 2.01. The molecule has 0 aliphatic rings. The highest BCUT2D eigenvalue weighted by Gasteiger charge is 2.22. The number of hydrogen-bond donors (Lipinski definition) is 2. The number of carboxylic acid groups (broad SMARTS) is 2. The molecule has 27 heavy (non-hydrogen) atoms.